The molecule has 1 aromatic carbocycles. The maximum Gasteiger partial charge on any atom is 0.124 e. The molecule has 0 unspecified atom stereocenters. The van der Waals surface area contributed by atoms with Gasteiger partial charge in [-0.15, -0.1) is 6.58 Å². The van der Waals surface area contributed by atoms with Gasteiger partial charge >= 0.3 is 0 Å². The van der Waals surface area contributed by atoms with Gasteiger partial charge in [-0.25, -0.2) is 0 Å². The first-order chi connectivity index (χ1) is 7.04. The number of rotatable bonds is 4. The third-order valence-corrected chi connectivity index (χ3v) is 2.89. The first-order valence-corrected chi connectivity index (χ1v) is 5.02. The molecule has 0 aromatic heterocycles. The van der Waals surface area contributed by atoms with E-state index in [1.54, 1.807) is 20.1 Å². The van der Waals surface area contributed by atoms with Crippen LogP contribution >= 0.6 is 0 Å². The van der Waals surface area contributed by atoms with Crippen LogP contribution < -0.4 is 4.74 Å². The van der Waals surface area contributed by atoms with Gasteiger partial charge in [-0.3, -0.25) is 0 Å². The van der Waals surface area contributed by atoms with E-state index in [2.05, 4.69) is 6.58 Å². The van der Waals surface area contributed by atoms with Gasteiger partial charge in [0.05, 0.1) is 12.7 Å². The summed E-state index contributed by atoms with van der Waals surface area (Å²) in [5, 5.41) is 10.4. The summed E-state index contributed by atoms with van der Waals surface area (Å²) in [5.41, 5.74) is -0.158. The van der Waals surface area contributed by atoms with Gasteiger partial charge in [-0.1, -0.05) is 31.2 Å². The van der Waals surface area contributed by atoms with Crippen LogP contribution in [0, 0.1) is 5.92 Å². The van der Waals surface area contributed by atoms with E-state index in [0.29, 0.717) is 5.75 Å². The van der Waals surface area contributed by atoms with Gasteiger partial charge in [-0.05, 0) is 13.0 Å². The van der Waals surface area contributed by atoms with Crippen LogP contribution in [0.1, 0.15) is 19.4 Å². The van der Waals surface area contributed by atoms with Gasteiger partial charge in [0.25, 0.3) is 0 Å². The second kappa shape index (κ2) is 4.49. The van der Waals surface area contributed by atoms with Crippen molar-refractivity contribution in [3.8, 4) is 5.75 Å². The van der Waals surface area contributed by atoms with E-state index in [9.17, 15) is 5.11 Å². The second-order valence-corrected chi connectivity index (χ2v) is 3.87. The largest absolute Gasteiger partial charge is 0.496 e. The molecule has 2 heteroatoms. The maximum atomic E-state index is 10.4. The van der Waals surface area contributed by atoms with Gasteiger partial charge in [0.2, 0.25) is 0 Å². The summed E-state index contributed by atoms with van der Waals surface area (Å²) in [5.74, 6) is 0.671. The third kappa shape index (κ3) is 2.21. The number of hydrogen-bond acceptors (Lipinski definition) is 2. The summed E-state index contributed by atoms with van der Waals surface area (Å²) >= 11 is 0. The van der Waals surface area contributed by atoms with Crippen LogP contribution in [-0.2, 0) is 5.60 Å². The molecule has 1 rings (SSSR count). The fourth-order valence-corrected chi connectivity index (χ4v) is 1.54. The van der Waals surface area contributed by atoms with Crippen LogP contribution in [0.4, 0.5) is 0 Å². The smallest absolute Gasteiger partial charge is 0.124 e. The zero-order chi connectivity index (χ0) is 11.5. The molecule has 15 heavy (non-hydrogen) atoms. The highest BCUT2D eigenvalue weighted by Crippen LogP contribution is 2.35. The molecule has 1 aromatic rings. The number of hydrogen-bond donors (Lipinski definition) is 1. The molecule has 0 saturated heterocycles. The first kappa shape index (κ1) is 11.8. The van der Waals surface area contributed by atoms with Crippen molar-refractivity contribution in [2.24, 2.45) is 5.92 Å². The molecule has 0 bridgehead atoms. The summed E-state index contributed by atoms with van der Waals surface area (Å²) in [6.07, 6.45) is 1.74. The van der Waals surface area contributed by atoms with Crippen LogP contribution in [0.25, 0.3) is 0 Å². The van der Waals surface area contributed by atoms with E-state index >= 15 is 0 Å². The quantitative estimate of drug-likeness (QED) is 0.767. The molecule has 2 nitrogen and oxygen atoms in total. The highest BCUT2D eigenvalue weighted by atomic mass is 16.5. The Morgan fingerprint density at radius 2 is 2.07 bits per heavy atom. The van der Waals surface area contributed by atoms with Gasteiger partial charge in [0, 0.05) is 11.5 Å². The highest BCUT2D eigenvalue weighted by Gasteiger charge is 2.30. The van der Waals surface area contributed by atoms with E-state index in [1.807, 2.05) is 31.2 Å². The van der Waals surface area contributed by atoms with Gasteiger partial charge < -0.3 is 9.84 Å². The molecule has 0 heterocycles. The lowest BCUT2D eigenvalue weighted by atomic mass is 9.83. The van der Waals surface area contributed by atoms with Crippen LogP contribution in [0.3, 0.4) is 0 Å². The standard InChI is InChI=1S/C13H18O2/c1-5-10(2)13(3,14)11-8-6-7-9-12(11)15-4/h5-10,14H,1H2,2-4H3/t10-,13-/m1/s1. The van der Waals surface area contributed by atoms with Gasteiger partial charge in [-0.2, -0.15) is 0 Å². The molecule has 82 valence electrons. The van der Waals surface area contributed by atoms with Crippen molar-refractivity contribution in [2.45, 2.75) is 19.4 Å². The Bertz CT molecular complexity index is 342. The predicted octanol–water partition coefficient (Wildman–Crippen LogP) is 2.72. The molecular formula is C13H18O2. The fourth-order valence-electron chi connectivity index (χ4n) is 1.54. The van der Waals surface area contributed by atoms with Crippen molar-refractivity contribution >= 4 is 0 Å². The van der Waals surface area contributed by atoms with E-state index in [4.69, 9.17) is 4.74 Å². The summed E-state index contributed by atoms with van der Waals surface area (Å²) in [7, 11) is 1.60. The molecule has 2 atom stereocenters. The minimum absolute atomic E-state index is 0.0335. The predicted molar refractivity (Wildman–Crippen MR) is 61.9 cm³/mol. The lowest BCUT2D eigenvalue weighted by molar-refractivity contribution is 0.0183. The number of benzene rings is 1. The lowest BCUT2D eigenvalue weighted by Crippen LogP contribution is -2.29. The van der Waals surface area contributed by atoms with Crippen molar-refractivity contribution in [1.29, 1.82) is 0 Å². The minimum Gasteiger partial charge on any atom is -0.496 e. The Balaban J connectivity index is 3.19. The van der Waals surface area contributed by atoms with Crippen molar-refractivity contribution in [2.75, 3.05) is 7.11 Å². The molecule has 0 amide bonds. The van der Waals surface area contributed by atoms with Gasteiger partial charge in [0.15, 0.2) is 0 Å². The van der Waals surface area contributed by atoms with E-state index in [1.165, 1.54) is 0 Å². The molecule has 0 radical (unpaired) electrons. The summed E-state index contributed by atoms with van der Waals surface area (Å²) in [6, 6.07) is 7.50. The van der Waals surface area contributed by atoms with E-state index in [0.717, 1.165) is 5.56 Å². The molecule has 0 aliphatic carbocycles. The van der Waals surface area contributed by atoms with Gasteiger partial charge in [0.1, 0.15) is 5.75 Å². The molecule has 0 spiro atoms. The topological polar surface area (TPSA) is 29.5 Å². The third-order valence-electron chi connectivity index (χ3n) is 2.89. The Morgan fingerprint density at radius 1 is 1.47 bits per heavy atom. The zero-order valence-electron chi connectivity index (χ0n) is 9.53. The number of para-hydroxylation sites is 1. The number of ether oxygens (including phenoxy) is 1. The van der Waals surface area contributed by atoms with Crippen LogP contribution in [0.2, 0.25) is 0 Å². The van der Waals surface area contributed by atoms with Crippen LogP contribution in [0.15, 0.2) is 36.9 Å². The monoisotopic (exact) mass is 206 g/mol. The molecule has 0 aliphatic heterocycles. The first-order valence-electron chi connectivity index (χ1n) is 5.02. The zero-order valence-corrected chi connectivity index (χ0v) is 9.53. The molecular weight excluding hydrogens is 188 g/mol. The van der Waals surface area contributed by atoms with E-state index < -0.39 is 5.60 Å². The molecule has 0 fully saturated rings. The number of aliphatic hydroxyl groups is 1. The molecule has 0 aliphatic rings. The Morgan fingerprint density at radius 3 is 2.60 bits per heavy atom. The summed E-state index contributed by atoms with van der Waals surface area (Å²) in [4.78, 5) is 0. The average Bonchev–Trinajstić information content (AvgIpc) is 2.27. The normalized spacial score (nSPS) is 16.5. The van der Waals surface area contributed by atoms with Crippen molar-refractivity contribution < 1.29 is 9.84 Å². The lowest BCUT2D eigenvalue weighted by Gasteiger charge is -2.30. The van der Waals surface area contributed by atoms with Crippen molar-refractivity contribution in [1.82, 2.24) is 0 Å². The average molecular weight is 206 g/mol. The second-order valence-electron chi connectivity index (χ2n) is 3.87. The van der Waals surface area contributed by atoms with Crippen molar-refractivity contribution in [3.05, 3.63) is 42.5 Å². The highest BCUT2D eigenvalue weighted by molar-refractivity contribution is 5.38. The summed E-state index contributed by atoms with van der Waals surface area (Å²) < 4.78 is 5.23. The maximum absolute atomic E-state index is 10.4. The molecule has 1 N–H and O–H groups in total. The van der Waals surface area contributed by atoms with Crippen LogP contribution in [0.5, 0.6) is 5.75 Å². The molecule has 0 saturated carbocycles. The van der Waals surface area contributed by atoms with Crippen molar-refractivity contribution in [3.63, 3.8) is 0 Å². The summed E-state index contributed by atoms with van der Waals surface area (Å²) in [6.45, 7) is 7.41. The number of methoxy groups -OCH3 is 1. The van der Waals surface area contributed by atoms with E-state index in [-0.39, 0.29) is 5.92 Å². The Hall–Kier alpha value is -1.28. The fraction of sp³-hybridized carbons (Fsp3) is 0.385. The Labute approximate surface area is 91.2 Å². The SMILES string of the molecule is C=C[C@@H](C)[C@@](C)(O)c1ccccc1OC. The van der Waals surface area contributed by atoms with Crippen LogP contribution in [-0.4, -0.2) is 12.2 Å². The Kier molecular flexibility index (Phi) is 3.53. The minimum atomic E-state index is -0.950.